The quantitative estimate of drug-likeness (QED) is 0.333. The third-order valence-electron chi connectivity index (χ3n) is 2.97. The van der Waals surface area contributed by atoms with Gasteiger partial charge in [-0.1, -0.05) is 0 Å². The number of aromatic nitrogens is 1. The molecule has 0 N–H and O–H groups in total. The number of nitrogens with zero attached hydrogens (tertiary/aromatic N) is 2. The minimum Gasteiger partial charge on any atom is -0.543 e. The predicted octanol–water partition coefficient (Wildman–Crippen LogP) is -2.81. The first-order valence-electron chi connectivity index (χ1n) is 5.55. The van der Waals surface area contributed by atoms with Gasteiger partial charge in [-0.3, -0.25) is 9.69 Å². The maximum Gasteiger partial charge on any atom is 1.00 e. The number of carboxylic acid groups (broad SMARTS) is 1. The molecule has 0 aliphatic carbocycles. The second kappa shape index (κ2) is 5.40. The number of aliphatic carboxylic acids is 1. The van der Waals surface area contributed by atoms with Gasteiger partial charge < -0.3 is 14.3 Å². The largest absolute Gasteiger partial charge is 1.00 e. The van der Waals surface area contributed by atoms with Crippen molar-refractivity contribution in [3.63, 3.8) is 0 Å². The Morgan fingerprint density at radius 1 is 1.55 bits per heavy atom. The van der Waals surface area contributed by atoms with E-state index in [1.807, 2.05) is 0 Å². The number of carboxylic acids is 1. The van der Waals surface area contributed by atoms with Gasteiger partial charge in [-0.25, -0.2) is 4.98 Å². The van der Waals surface area contributed by atoms with Crippen molar-refractivity contribution < 1.29 is 48.7 Å². The Bertz CT molecular complexity index is 664. The summed E-state index contributed by atoms with van der Waals surface area (Å²) < 4.78 is 5.38. The van der Waals surface area contributed by atoms with Crippen LogP contribution in [0.15, 0.2) is 21.1 Å². The summed E-state index contributed by atoms with van der Waals surface area (Å²) in [7, 11) is 0. The van der Waals surface area contributed by atoms with Crippen LogP contribution in [-0.4, -0.2) is 27.1 Å². The molecule has 8 heteroatoms. The zero-order chi connectivity index (χ0) is 13.7. The molecule has 3 heterocycles. The third kappa shape index (κ3) is 2.24. The molecule has 1 aromatic rings. The minimum atomic E-state index is -1.34. The molecule has 2 aliphatic rings. The SMILES string of the molecule is Cc1nc(C)c(/C=C2/C(=O)N3C(C(=O)[O-])=CS[C@H]23)o1.[Na+]. The van der Waals surface area contributed by atoms with E-state index in [4.69, 9.17) is 4.42 Å². The molecule has 98 valence electrons. The van der Waals surface area contributed by atoms with Gasteiger partial charge in [0, 0.05) is 6.92 Å². The molecule has 1 atom stereocenters. The summed E-state index contributed by atoms with van der Waals surface area (Å²) in [6.45, 7) is 3.51. The van der Waals surface area contributed by atoms with Crippen molar-refractivity contribution in [2.24, 2.45) is 0 Å². The molecule has 20 heavy (non-hydrogen) atoms. The van der Waals surface area contributed by atoms with Crippen molar-refractivity contribution in [2.75, 3.05) is 0 Å². The average molecular weight is 300 g/mol. The van der Waals surface area contributed by atoms with Crippen molar-refractivity contribution in [1.82, 2.24) is 9.88 Å². The minimum absolute atomic E-state index is 0. The standard InChI is InChI=1S/C12H10N2O4S.Na/c1-5-9(18-6(2)13-5)3-7-10(15)14-8(12(16)17)4-19-11(7)14;/h3-4,11H,1-2H3,(H,16,17);/q;+1/p-1/b7-3-;/t11-;/m1./s1. The zero-order valence-corrected chi connectivity index (χ0v) is 14.0. The summed E-state index contributed by atoms with van der Waals surface area (Å²) in [5.41, 5.74) is 1.13. The molecular formula is C12H9N2NaO4S. The van der Waals surface area contributed by atoms with Crippen LogP contribution in [0, 0.1) is 13.8 Å². The predicted molar refractivity (Wildman–Crippen MR) is 65.3 cm³/mol. The Morgan fingerprint density at radius 3 is 2.80 bits per heavy atom. The maximum atomic E-state index is 11.9. The number of carbonyl (C=O) groups is 2. The molecule has 3 rings (SSSR count). The first kappa shape index (κ1) is 15.4. The summed E-state index contributed by atoms with van der Waals surface area (Å²) in [5.74, 6) is -0.614. The summed E-state index contributed by atoms with van der Waals surface area (Å²) >= 11 is 1.26. The number of rotatable bonds is 2. The van der Waals surface area contributed by atoms with E-state index in [-0.39, 0.29) is 46.5 Å². The van der Waals surface area contributed by atoms with Gasteiger partial charge in [0.1, 0.15) is 5.37 Å². The molecule has 0 radical (unpaired) electrons. The molecule has 6 nitrogen and oxygen atoms in total. The second-order valence-corrected chi connectivity index (χ2v) is 5.19. The van der Waals surface area contributed by atoms with Crippen LogP contribution in [0.5, 0.6) is 0 Å². The Kier molecular flexibility index (Phi) is 4.15. The molecule has 0 spiro atoms. The Labute approximate surface area is 141 Å². The van der Waals surface area contributed by atoms with Crippen LogP contribution in [0.1, 0.15) is 17.3 Å². The molecule has 0 aromatic carbocycles. The fourth-order valence-corrected chi connectivity index (χ4v) is 3.20. The molecule has 0 bridgehead atoms. The molecule has 1 amide bonds. The molecule has 1 fully saturated rings. The van der Waals surface area contributed by atoms with Crippen molar-refractivity contribution in [3.05, 3.63) is 34.0 Å². The number of hydrogen-bond donors (Lipinski definition) is 0. The van der Waals surface area contributed by atoms with Gasteiger partial charge in [-0.2, -0.15) is 0 Å². The monoisotopic (exact) mass is 300 g/mol. The van der Waals surface area contributed by atoms with Crippen molar-refractivity contribution in [1.29, 1.82) is 0 Å². The number of amides is 1. The molecule has 0 saturated carbocycles. The van der Waals surface area contributed by atoms with Gasteiger partial charge >= 0.3 is 29.6 Å². The summed E-state index contributed by atoms with van der Waals surface area (Å²) in [5, 5.41) is 12.0. The van der Waals surface area contributed by atoms with E-state index in [9.17, 15) is 14.7 Å². The normalized spacial score (nSPS) is 22.2. The Morgan fingerprint density at radius 2 is 2.25 bits per heavy atom. The van der Waals surface area contributed by atoms with Gasteiger partial charge in [0.15, 0.2) is 11.7 Å². The number of carbonyl (C=O) groups excluding carboxylic acids is 2. The smallest absolute Gasteiger partial charge is 0.543 e. The van der Waals surface area contributed by atoms with E-state index < -0.39 is 5.97 Å². The molecular weight excluding hydrogens is 291 g/mol. The molecule has 2 aliphatic heterocycles. The zero-order valence-electron chi connectivity index (χ0n) is 11.2. The number of thioether (sulfide) groups is 1. The van der Waals surface area contributed by atoms with E-state index in [1.54, 1.807) is 19.9 Å². The summed E-state index contributed by atoms with van der Waals surface area (Å²) in [6.07, 6.45) is 1.62. The second-order valence-electron chi connectivity index (χ2n) is 4.24. The van der Waals surface area contributed by atoms with Gasteiger partial charge in [0.05, 0.1) is 22.9 Å². The number of aryl methyl sites for hydroxylation is 2. The van der Waals surface area contributed by atoms with Crippen molar-refractivity contribution >= 4 is 29.7 Å². The first-order chi connectivity index (χ1) is 8.99. The van der Waals surface area contributed by atoms with Crippen molar-refractivity contribution in [3.8, 4) is 0 Å². The van der Waals surface area contributed by atoms with Gasteiger partial charge in [-0.15, -0.1) is 11.8 Å². The van der Waals surface area contributed by atoms with E-state index >= 15 is 0 Å². The van der Waals surface area contributed by atoms with Gasteiger partial charge in [0.2, 0.25) is 0 Å². The topological polar surface area (TPSA) is 86.5 Å². The summed E-state index contributed by atoms with van der Waals surface area (Å²) in [6, 6.07) is 0. The van der Waals surface area contributed by atoms with Gasteiger partial charge in [-0.05, 0) is 18.4 Å². The Balaban J connectivity index is 0.00000147. The van der Waals surface area contributed by atoms with E-state index in [1.165, 1.54) is 22.1 Å². The van der Waals surface area contributed by atoms with E-state index in [0.29, 0.717) is 22.9 Å². The number of hydrogen-bond acceptors (Lipinski definition) is 6. The van der Waals surface area contributed by atoms with Crippen LogP contribution >= 0.6 is 11.8 Å². The summed E-state index contributed by atoms with van der Waals surface area (Å²) in [4.78, 5) is 28.1. The fourth-order valence-electron chi connectivity index (χ4n) is 2.08. The third-order valence-corrected chi connectivity index (χ3v) is 4.05. The molecule has 1 aromatic heterocycles. The van der Waals surface area contributed by atoms with Crippen LogP contribution in [0.25, 0.3) is 6.08 Å². The number of fused-ring (bicyclic) bond motifs is 1. The van der Waals surface area contributed by atoms with E-state index in [0.717, 1.165) is 0 Å². The molecule has 1 saturated heterocycles. The Hall–Kier alpha value is -1.02. The van der Waals surface area contributed by atoms with Crippen LogP contribution in [0.4, 0.5) is 0 Å². The van der Waals surface area contributed by atoms with Crippen LogP contribution in [0.2, 0.25) is 0 Å². The van der Waals surface area contributed by atoms with Crippen LogP contribution in [0.3, 0.4) is 0 Å². The van der Waals surface area contributed by atoms with Crippen molar-refractivity contribution in [2.45, 2.75) is 19.2 Å². The average Bonchev–Trinajstić information content (AvgIpc) is 2.87. The maximum absolute atomic E-state index is 11.9. The first-order valence-corrected chi connectivity index (χ1v) is 6.49. The molecule has 0 unspecified atom stereocenters. The van der Waals surface area contributed by atoms with Gasteiger partial charge in [0.25, 0.3) is 5.91 Å². The fraction of sp³-hybridized carbons (Fsp3) is 0.250. The number of β-lactam (4-membered cyclic amide) rings is 1. The van der Waals surface area contributed by atoms with Crippen LogP contribution < -0.4 is 34.7 Å². The van der Waals surface area contributed by atoms with Crippen LogP contribution in [-0.2, 0) is 9.59 Å². The number of oxazole rings is 1. The van der Waals surface area contributed by atoms with E-state index in [2.05, 4.69) is 4.98 Å².